The van der Waals surface area contributed by atoms with Crippen molar-refractivity contribution in [3.05, 3.63) is 70.7 Å². The predicted molar refractivity (Wildman–Crippen MR) is 107 cm³/mol. The van der Waals surface area contributed by atoms with Crippen molar-refractivity contribution in [1.82, 2.24) is 15.1 Å². The molecular formula is C21H24ClN3O2. The summed E-state index contributed by atoms with van der Waals surface area (Å²) in [4.78, 5) is 28.7. The molecule has 1 heterocycles. The van der Waals surface area contributed by atoms with Crippen LogP contribution in [0.3, 0.4) is 0 Å². The molecule has 2 aromatic rings. The Kier molecular flexibility index (Phi) is 6.85. The zero-order valence-corrected chi connectivity index (χ0v) is 16.0. The van der Waals surface area contributed by atoms with Gasteiger partial charge in [-0.1, -0.05) is 41.9 Å². The number of nitrogens with zero attached hydrogens (tertiary/aromatic N) is 2. The Morgan fingerprint density at radius 2 is 1.59 bits per heavy atom. The lowest BCUT2D eigenvalue weighted by Crippen LogP contribution is -2.48. The molecule has 1 N–H and O–H groups in total. The molecule has 5 nitrogen and oxygen atoms in total. The van der Waals surface area contributed by atoms with Gasteiger partial charge in [-0.05, 0) is 29.8 Å². The van der Waals surface area contributed by atoms with Crippen LogP contribution < -0.4 is 5.32 Å². The first kappa shape index (κ1) is 19.4. The van der Waals surface area contributed by atoms with Gasteiger partial charge in [0.2, 0.25) is 5.91 Å². The van der Waals surface area contributed by atoms with Gasteiger partial charge < -0.3 is 10.2 Å². The average molecular weight is 386 g/mol. The summed E-state index contributed by atoms with van der Waals surface area (Å²) in [6, 6.07) is 17.1. The van der Waals surface area contributed by atoms with Gasteiger partial charge in [0, 0.05) is 56.3 Å². The van der Waals surface area contributed by atoms with Crippen LogP contribution in [0, 0.1) is 0 Å². The lowest BCUT2D eigenvalue weighted by molar-refractivity contribution is -0.132. The van der Waals surface area contributed by atoms with Gasteiger partial charge in [0.15, 0.2) is 0 Å². The number of benzene rings is 2. The number of amides is 2. The molecule has 1 saturated heterocycles. The van der Waals surface area contributed by atoms with Crippen LogP contribution >= 0.6 is 11.6 Å². The maximum absolute atomic E-state index is 12.4. The third kappa shape index (κ3) is 5.81. The fraction of sp³-hybridized carbons (Fsp3) is 0.333. The molecule has 142 valence electrons. The van der Waals surface area contributed by atoms with Gasteiger partial charge in [0.25, 0.3) is 5.91 Å². The summed E-state index contributed by atoms with van der Waals surface area (Å²) in [5, 5.41) is 3.38. The summed E-state index contributed by atoms with van der Waals surface area (Å²) in [5.74, 6) is -0.0992. The van der Waals surface area contributed by atoms with E-state index in [0.29, 0.717) is 23.6 Å². The molecule has 0 bridgehead atoms. The molecule has 0 aromatic heterocycles. The Labute approximate surface area is 164 Å². The second-order valence-corrected chi connectivity index (χ2v) is 7.09. The van der Waals surface area contributed by atoms with Crippen LogP contribution in [0.4, 0.5) is 0 Å². The highest BCUT2D eigenvalue weighted by Gasteiger charge is 2.20. The van der Waals surface area contributed by atoms with Gasteiger partial charge in [0.05, 0.1) is 0 Å². The highest BCUT2D eigenvalue weighted by molar-refractivity contribution is 6.30. The molecule has 1 aliphatic rings. The van der Waals surface area contributed by atoms with Crippen LogP contribution in [0.1, 0.15) is 22.3 Å². The molecule has 1 fully saturated rings. The molecule has 2 aromatic carbocycles. The minimum Gasteiger partial charge on any atom is -0.352 e. The molecule has 6 heteroatoms. The predicted octanol–water partition coefficient (Wildman–Crippen LogP) is 2.80. The molecule has 0 saturated carbocycles. The van der Waals surface area contributed by atoms with Crippen LogP contribution in [0.25, 0.3) is 0 Å². The monoisotopic (exact) mass is 385 g/mol. The molecule has 27 heavy (non-hydrogen) atoms. The molecule has 2 amide bonds. The van der Waals surface area contributed by atoms with Crippen molar-refractivity contribution in [2.45, 2.75) is 13.0 Å². The molecule has 0 unspecified atom stereocenters. The van der Waals surface area contributed by atoms with Crippen molar-refractivity contribution in [2.24, 2.45) is 0 Å². The second kappa shape index (κ2) is 9.53. The highest BCUT2D eigenvalue weighted by Crippen LogP contribution is 2.10. The minimum absolute atomic E-state index is 0.0887. The average Bonchev–Trinajstić information content (AvgIpc) is 2.69. The molecule has 1 aliphatic heterocycles. The maximum atomic E-state index is 12.4. The molecule has 3 rings (SSSR count). The summed E-state index contributed by atoms with van der Waals surface area (Å²) in [7, 11) is 0. The van der Waals surface area contributed by atoms with E-state index in [-0.39, 0.29) is 11.8 Å². The fourth-order valence-corrected chi connectivity index (χ4v) is 3.27. The van der Waals surface area contributed by atoms with Gasteiger partial charge >= 0.3 is 0 Å². The van der Waals surface area contributed by atoms with E-state index in [9.17, 15) is 9.59 Å². The smallest absolute Gasteiger partial charge is 0.251 e. The lowest BCUT2D eigenvalue weighted by Gasteiger charge is -2.34. The molecule has 0 atom stereocenters. The van der Waals surface area contributed by atoms with Gasteiger partial charge in [-0.15, -0.1) is 0 Å². The Bertz CT molecular complexity index is 757. The Morgan fingerprint density at radius 1 is 0.926 bits per heavy atom. The summed E-state index contributed by atoms with van der Waals surface area (Å²) in [6.45, 7) is 4.47. The van der Waals surface area contributed by atoms with E-state index in [1.54, 1.807) is 24.3 Å². The first-order valence-corrected chi connectivity index (χ1v) is 9.57. The van der Waals surface area contributed by atoms with Crippen molar-refractivity contribution in [3.63, 3.8) is 0 Å². The Morgan fingerprint density at radius 3 is 2.26 bits per heavy atom. The first-order valence-electron chi connectivity index (χ1n) is 9.19. The number of hydrogen-bond acceptors (Lipinski definition) is 3. The van der Waals surface area contributed by atoms with Crippen LogP contribution in [0.5, 0.6) is 0 Å². The minimum atomic E-state index is -0.188. The maximum Gasteiger partial charge on any atom is 0.251 e. The van der Waals surface area contributed by atoms with Crippen molar-refractivity contribution in [1.29, 1.82) is 0 Å². The number of piperazine rings is 1. The summed E-state index contributed by atoms with van der Waals surface area (Å²) >= 11 is 5.82. The standard InChI is InChI=1S/C21H24ClN3O2/c22-19-8-6-18(7-9-19)21(27)23-11-10-20(26)25-14-12-24(13-15-25)16-17-4-2-1-3-5-17/h1-9H,10-16H2,(H,23,27). The molecule has 0 spiro atoms. The van der Waals surface area contributed by atoms with E-state index in [4.69, 9.17) is 11.6 Å². The van der Waals surface area contributed by atoms with Crippen LogP contribution in [0.2, 0.25) is 5.02 Å². The van der Waals surface area contributed by atoms with Gasteiger partial charge in [-0.2, -0.15) is 0 Å². The van der Waals surface area contributed by atoms with Crippen molar-refractivity contribution < 1.29 is 9.59 Å². The Hall–Kier alpha value is -2.37. The van der Waals surface area contributed by atoms with E-state index in [1.165, 1.54) is 5.56 Å². The van der Waals surface area contributed by atoms with E-state index in [1.807, 2.05) is 23.1 Å². The molecule has 0 aliphatic carbocycles. The summed E-state index contributed by atoms with van der Waals surface area (Å²) in [5.41, 5.74) is 1.84. The van der Waals surface area contributed by atoms with Crippen molar-refractivity contribution in [2.75, 3.05) is 32.7 Å². The third-order valence-corrected chi connectivity index (χ3v) is 4.96. The quantitative estimate of drug-likeness (QED) is 0.831. The van der Waals surface area contributed by atoms with Gasteiger partial charge in [0.1, 0.15) is 0 Å². The number of rotatable bonds is 6. The fourth-order valence-electron chi connectivity index (χ4n) is 3.14. The van der Waals surface area contributed by atoms with E-state index in [0.717, 1.165) is 32.7 Å². The second-order valence-electron chi connectivity index (χ2n) is 6.66. The summed E-state index contributed by atoms with van der Waals surface area (Å²) in [6.07, 6.45) is 0.317. The molecule has 0 radical (unpaired) electrons. The first-order chi connectivity index (χ1) is 13.1. The lowest BCUT2D eigenvalue weighted by atomic mass is 10.2. The normalized spacial score (nSPS) is 14.8. The van der Waals surface area contributed by atoms with Crippen molar-refractivity contribution >= 4 is 23.4 Å². The van der Waals surface area contributed by atoms with Crippen LogP contribution in [-0.4, -0.2) is 54.3 Å². The van der Waals surface area contributed by atoms with Crippen LogP contribution in [0.15, 0.2) is 54.6 Å². The van der Waals surface area contributed by atoms with E-state index in [2.05, 4.69) is 22.3 Å². The number of carbonyl (C=O) groups excluding carboxylic acids is 2. The zero-order valence-electron chi connectivity index (χ0n) is 15.2. The summed E-state index contributed by atoms with van der Waals surface area (Å²) < 4.78 is 0. The topological polar surface area (TPSA) is 52.7 Å². The van der Waals surface area contributed by atoms with Gasteiger partial charge in [-0.25, -0.2) is 0 Å². The zero-order chi connectivity index (χ0) is 19.1. The van der Waals surface area contributed by atoms with E-state index >= 15 is 0 Å². The van der Waals surface area contributed by atoms with Gasteiger partial charge in [-0.3, -0.25) is 14.5 Å². The Balaban J connectivity index is 1.37. The number of nitrogens with one attached hydrogen (secondary N) is 1. The SMILES string of the molecule is O=C(NCCC(=O)N1CCN(Cc2ccccc2)CC1)c1ccc(Cl)cc1. The number of carbonyl (C=O) groups is 2. The number of hydrogen-bond donors (Lipinski definition) is 1. The largest absolute Gasteiger partial charge is 0.352 e. The van der Waals surface area contributed by atoms with Crippen molar-refractivity contribution in [3.8, 4) is 0 Å². The van der Waals surface area contributed by atoms with E-state index < -0.39 is 0 Å². The number of halogens is 1. The third-order valence-electron chi connectivity index (χ3n) is 4.70. The van der Waals surface area contributed by atoms with Crippen LogP contribution in [-0.2, 0) is 11.3 Å². The molecular weight excluding hydrogens is 362 g/mol. The highest BCUT2D eigenvalue weighted by atomic mass is 35.5.